The molecule has 2 rings (SSSR count). The van der Waals surface area contributed by atoms with Crippen molar-refractivity contribution < 1.29 is 24.0 Å². The number of benzene rings is 2. The Bertz CT molecular complexity index is 869. The minimum absolute atomic E-state index is 0.0155. The number of Topliss-reactive ketones (excluding diaryl/α,β-unsaturated/α-hetero) is 1. The summed E-state index contributed by atoms with van der Waals surface area (Å²) in [5.41, 5.74) is 0.682. The van der Waals surface area contributed by atoms with Crippen molar-refractivity contribution in [2.45, 2.75) is 12.8 Å². The lowest BCUT2D eigenvalue weighted by atomic mass is 10.1. The summed E-state index contributed by atoms with van der Waals surface area (Å²) in [6.07, 6.45) is -0.152. The first-order valence-electron chi connectivity index (χ1n) is 7.84. The fourth-order valence-corrected chi connectivity index (χ4v) is 2.57. The summed E-state index contributed by atoms with van der Waals surface area (Å²) >= 11 is 3.12. The molecule has 8 nitrogen and oxygen atoms in total. The van der Waals surface area contributed by atoms with Gasteiger partial charge in [0.15, 0.2) is 12.4 Å². The molecule has 2 aromatic rings. The third-order valence-electron chi connectivity index (χ3n) is 3.45. The lowest BCUT2D eigenvalue weighted by molar-refractivity contribution is -0.384. The Morgan fingerprint density at radius 1 is 1.07 bits per heavy atom. The number of carbonyl (C=O) groups excluding carboxylic acids is 3. The molecule has 0 unspecified atom stereocenters. The number of amides is 1. The van der Waals surface area contributed by atoms with Crippen LogP contribution in [0.3, 0.4) is 0 Å². The summed E-state index contributed by atoms with van der Waals surface area (Å²) in [5.74, 6) is -1.46. The zero-order valence-corrected chi connectivity index (χ0v) is 15.6. The molecule has 0 spiro atoms. The number of ketones is 1. The van der Waals surface area contributed by atoms with Gasteiger partial charge in [0.25, 0.3) is 11.6 Å². The van der Waals surface area contributed by atoms with E-state index in [0.717, 1.165) is 0 Å². The largest absolute Gasteiger partial charge is 0.456 e. The molecule has 0 fully saturated rings. The maximum atomic E-state index is 11.9. The van der Waals surface area contributed by atoms with E-state index < -0.39 is 23.4 Å². The van der Waals surface area contributed by atoms with Crippen LogP contribution in [0.5, 0.6) is 0 Å². The smallest absolute Gasteiger partial charge is 0.306 e. The molecule has 0 aromatic heterocycles. The van der Waals surface area contributed by atoms with Crippen LogP contribution >= 0.6 is 15.9 Å². The van der Waals surface area contributed by atoms with Crippen molar-refractivity contribution in [3.8, 4) is 0 Å². The van der Waals surface area contributed by atoms with Crippen molar-refractivity contribution in [2.24, 2.45) is 0 Å². The molecule has 140 valence electrons. The molecule has 0 aliphatic carbocycles. The fraction of sp³-hybridized carbons (Fsp3) is 0.167. The van der Waals surface area contributed by atoms with Crippen molar-refractivity contribution in [1.29, 1.82) is 0 Å². The second kappa shape index (κ2) is 9.58. The van der Waals surface area contributed by atoms with Gasteiger partial charge < -0.3 is 10.1 Å². The Kier molecular flexibility index (Phi) is 7.18. The van der Waals surface area contributed by atoms with Gasteiger partial charge in [-0.15, -0.1) is 0 Å². The van der Waals surface area contributed by atoms with Crippen LogP contribution in [0, 0.1) is 10.1 Å². The Balaban J connectivity index is 1.77. The minimum atomic E-state index is -0.669. The molecule has 0 radical (unpaired) electrons. The molecule has 0 saturated carbocycles. The zero-order chi connectivity index (χ0) is 19.8. The van der Waals surface area contributed by atoms with Gasteiger partial charge in [-0.1, -0.05) is 30.3 Å². The number of ether oxygens (including phenoxy) is 1. The molecular formula is C18H15BrN2O6. The SMILES string of the molecule is O=C(COC(=O)CCC(=O)c1ccccc1)Nc1ccc([N+](=O)[O-])cc1Br. The van der Waals surface area contributed by atoms with Gasteiger partial charge in [0.2, 0.25) is 0 Å². The fourth-order valence-electron chi connectivity index (χ4n) is 2.11. The van der Waals surface area contributed by atoms with Crippen LogP contribution in [0.2, 0.25) is 0 Å². The summed E-state index contributed by atoms with van der Waals surface area (Å²) in [6, 6.07) is 12.4. The van der Waals surface area contributed by atoms with Gasteiger partial charge in [-0.05, 0) is 22.0 Å². The number of nitro benzene ring substituents is 1. The van der Waals surface area contributed by atoms with Gasteiger partial charge in [-0.3, -0.25) is 24.5 Å². The molecule has 0 aliphatic rings. The van der Waals surface area contributed by atoms with E-state index in [-0.39, 0.29) is 24.3 Å². The van der Waals surface area contributed by atoms with E-state index in [2.05, 4.69) is 21.2 Å². The van der Waals surface area contributed by atoms with E-state index in [1.165, 1.54) is 18.2 Å². The lowest BCUT2D eigenvalue weighted by Crippen LogP contribution is -2.21. The topological polar surface area (TPSA) is 116 Å². The first kappa shape index (κ1) is 20.2. The van der Waals surface area contributed by atoms with Gasteiger partial charge in [-0.2, -0.15) is 0 Å². The monoisotopic (exact) mass is 434 g/mol. The van der Waals surface area contributed by atoms with Gasteiger partial charge >= 0.3 is 5.97 Å². The molecule has 2 aromatic carbocycles. The molecule has 0 saturated heterocycles. The number of rotatable bonds is 8. The molecule has 1 N–H and O–H groups in total. The van der Waals surface area contributed by atoms with E-state index in [1.54, 1.807) is 30.3 Å². The number of carbonyl (C=O) groups is 3. The summed E-state index contributed by atoms with van der Waals surface area (Å²) < 4.78 is 5.16. The van der Waals surface area contributed by atoms with Gasteiger partial charge in [-0.25, -0.2) is 0 Å². The zero-order valence-electron chi connectivity index (χ0n) is 14.0. The lowest BCUT2D eigenvalue weighted by Gasteiger charge is -2.08. The number of halogens is 1. The second-order valence-corrected chi connectivity index (χ2v) is 6.27. The average Bonchev–Trinajstić information content (AvgIpc) is 2.66. The predicted octanol–water partition coefficient (Wildman–Crippen LogP) is 3.50. The van der Waals surface area contributed by atoms with Crippen LogP contribution in [-0.2, 0) is 14.3 Å². The number of non-ortho nitro benzene ring substituents is 1. The molecular weight excluding hydrogens is 420 g/mol. The third-order valence-corrected chi connectivity index (χ3v) is 4.11. The average molecular weight is 435 g/mol. The van der Waals surface area contributed by atoms with Crippen LogP contribution < -0.4 is 5.32 Å². The molecule has 0 atom stereocenters. The quantitative estimate of drug-likeness (QED) is 0.294. The molecule has 9 heteroatoms. The standard InChI is InChI=1S/C18H15BrN2O6/c19-14-10-13(21(25)26)6-7-15(14)20-17(23)11-27-18(24)9-8-16(22)12-4-2-1-3-5-12/h1-7,10H,8-9,11H2,(H,20,23). The highest BCUT2D eigenvalue weighted by Gasteiger charge is 2.14. The molecule has 0 aliphatic heterocycles. The Hall–Kier alpha value is -3.07. The number of esters is 1. The highest BCUT2D eigenvalue weighted by molar-refractivity contribution is 9.10. The van der Waals surface area contributed by atoms with E-state index in [4.69, 9.17) is 4.74 Å². The number of anilines is 1. The van der Waals surface area contributed by atoms with Crippen LogP contribution in [0.4, 0.5) is 11.4 Å². The highest BCUT2D eigenvalue weighted by atomic mass is 79.9. The van der Waals surface area contributed by atoms with Crippen LogP contribution in [0.15, 0.2) is 53.0 Å². The maximum Gasteiger partial charge on any atom is 0.306 e. The molecule has 0 bridgehead atoms. The second-order valence-electron chi connectivity index (χ2n) is 5.42. The Labute approximate surface area is 162 Å². The third kappa shape index (κ3) is 6.30. The van der Waals surface area contributed by atoms with Crippen LogP contribution in [0.1, 0.15) is 23.2 Å². The summed E-state index contributed by atoms with van der Waals surface area (Å²) in [5, 5.41) is 13.1. The normalized spacial score (nSPS) is 10.1. The number of nitrogens with one attached hydrogen (secondary N) is 1. The first-order chi connectivity index (χ1) is 12.9. The minimum Gasteiger partial charge on any atom is -0.456 e. The molecule has 27 heavy (non-hydrogen) atoms. The predicted molar refractivity (Wildman–Crippen MR) is 100 cm³/mol. The van der Waals surface area contributed by atoms with Gasteiger partial charge in [0, 0.05) is 28.6 Å². The van der Waals surface area contributed by atoms with Crippen molar-refractivity contribution in [3.05, 3.63) is 68.7 Å². The summed E-state index contributed by atoms with van der Waals surface area (Å²) in [6.45, 7) is -0.526. The van der Waals surface area contributed by atoms with Crippen molar-refractivity contribution in [1.82, 2.24) is 0 Å². The Morgan fingerprint density at radius 3 is 2.41 bits per heavy atom. The highest BCUT2D eigenvalue weighted by Crippen LogP contribution is 2.27. The maximum absolute atomic E-state index is 11.9. The van der Waals surface area contributed by atoms with Gasteiger partial charge in [0.05, 0.1) is 17.0 Å². The first-order valence-corrected chi connectivity index (χ1v) is 8.64. The summed E-state index contributed by atoms with van der Waals surface area (Å²) in [4.78, 5) is 45.5. The van der Waals surface area contributed by atoms with Crippen LogP contribution in [0.25, 0.3) is 0 Å². The summed E-state index contributed by atoms with van der Waals surface area (Å²) in [7, 11) is 0. The Morgan fingerprint density at radius 2 is 1.78 bits per heavy atom. The number of nitro groups is 1. The number of hydrogen-bond donors (Lipinski definition) is 1. The van der Waals surface area contributed by atoms with E-state index in [0.29, 0.717) is 15.7 Å². The number of nitrogens with zero attached hydrogens (tertiary/aromatic N) is 1. The van der Waals surface area contributed by atoms with E-state index in [9.17, 15) is 24.5 Å². The van der Waals surface area contributed by atoms with E-state index >= 15 is 0 Å². The van der Waals surface area contributed by atoms with E-state index in [1.807, 2.05) is 0 Å². The van der Waals surface area contributed by atoms with Crippen molar-refractivity contribution in [3.63, 3.8) is 0 Å². The molecule has 1 amide bonds. The number of hydrogen-bond acceptors (Lipinski definition) is 6. The van der Waals surface area contributed by atoms with Crippen molar-refractivity contribution >= 4 is 45.0 Å². The van der Waals surface area contributed by atoms with Crippen molar-refractivity contribution in [2.75, 3.05) is 11.9 Å². The van der Waals surface area contributed by atoms with Crippen LogP contribution in [-0.4, -0.2) is 29.2 Å². The molecule has 0 heterocycles. The van der Waals surface area contributed by atoms with Gasteiger partial charge in [0.1, 0.15) is 0 Å².